The van der Waals surface area contributed by atoms with Crippen LogP contribution in [-0.4, -0.2) is 29.9 Å². The number of benzene rings is 3. The van der Waals surface area contributed by atoms with Crippen molar-refractivity contribution in [2.24, 2.45) is 0 Å². The highest BCUT2D eigenvalue weighted by atomic mass is 16.2. The lowest BCUT2D eigenvalue weighted by atomic mass is 10.1. The second kappa shape index (κ2) is 9.04. The molecule has 31 heavy (non-hydrogen) atoms. The molecule has 0 aromatic heterocycles. The molecule has 3 aromatic rings. The fourth-order valence-electron chi connectivity index (χ4n) is 3.78. The van der Waals surface area contributed by atoms with E-state index in [-0.39, 0.29) is 11.9 Å². The topological polar surface area (TPSA) is 52.6 Å². The molecule has 3 aromatic carbocycles. The molecule has 0 atom stereocenters. The minimum absolute atomic E-state index is 0.00365. The van der Waals surface area contributed by atoms with E-state index in [0.29, 0.717) is 18.7 Å². The van der Waals surface area contributed by atoms with Crippen LogP contribution in [0.15, 0.2) is 72.8 Å². The number of nitrogens with zero attached hydrogens (tertiary/aromatic N) is 2. The van der Waals surface area contributed by atoms with Crippen LogP contribution >= 0.6 is 0 Å². The summed E-state index contributed by atoms with van der Waals surface area (Å²) in [6.45, 7) is 6.05. The van der Waals surface area contributed by atoms with Crippen molar-refractivity contribution in [1.82, 2.24) is 4.90 Å². The zero-order valence-electron chi connectivity index (χ0n) is 18.0. The number of hydrogen-bond donors (Lipinski definition) is 1. The monoisotopic (exact) mass is 413 g/mol. The number of amides is 3. The molecule has 1 aliphatic rings. The fourth-order valence-corrected chi connectivity index (χ4v) is 3.78. The number of rotatable bonds is 5. The van der Waals surface area contributed by atoms with Gasteiger partial charge >= 0.3 is 6.03 Å². The standard InChI is InChI=1S/C26H27N3O2/c1-19-8-10-21(11-9-19)18-28-16-5-17-29(26(28)31)23-14-12-22(13-15-23)25(30)27-24-7-4-3-6-20(24)2/h3-4,6-15H,5,16-18H2,1-2H3,(H,27,30). The third-order valence-corrected chi connectivity index (χ3v) is 5.64. The molecule has 5 heteroatoms. The van der Waals surface area contributed by atoms with Gasteiger partial charge < -0.3 is 10.2 Å². The van der Waals surface area contributed by atoms with Gasteiger partial charge in [0.15, 0.2) is 0 Å². The summed E-state index contributed by atoms with van der Waals surface area (Å²) in [4.78, 5) is 29.3. The first kappa shape index (κ1) is 20.7. The SMILES string of the molecule is Cc1ccc(CN2CCCN(c3ccc(C(=O)Nc4ccccc4C)cc3)C2=O)cc1. The molecule has 0 radical (unpaired) electrons. The van der Waals surface area contributed by atoms with Gasteiger partial charge in [0.1, 0.15) is 0 Å². The molecule has 1 saturated heterocycles. The molecule has 1 N–H and O–H groups in total. The van der Waals surface area contributed by atoms with Crippen LogP contribution < -0.4 is 10.2 Å². The molecule has 158 valence electrons. The second-order valence-corrected chi connectivity index (χ2v) is 8.01. The van der Waals surface area contributed by atoms with Crippen molar-refractivity contribution in [1.29, 1.82) is 0 Å². The first-order valence-electron chi connectivity index (χ1n) is 10.6. The van der Waals surface area contributed by atoms with Gasteiger partial charge in [0.2, 0.25) is 0 Å². The van der Waals surface area contributed by atoms with Crippen LogP contribution in [0.5, 0.6) is 0 Å². The normalized spacial score (nSPS) is 13.9. The van der Waals surface area contributed by atoms with E-state index >= 15 is 0 Å². The Bertz CT molecular complexity index is 1070. The number of para-hydroxylation sites is 1. The van der Waals surface area contributed by atoms with Crippen LogP contribution in [0.3, 0.4) is 0 Å². The van der Waals surface area contributed by atoms with E-state index in [1.54, 1.807) is 17.0 Å². The van der Waals surface area contributed by atoms with Gasteiger partial charge in [-0.05, 0) is 61.7 Å². The van der Waals surface area contributed by atoms with E-state index in [0.717, 1.165) is 35.5 Å². The van der Waals surface area contributed by atoms with Crippen molar-refractivity contribution in [2.75, 3.05) is 23.3 Å². The van der Waals surface area contributed by atoms with Crippen molar-refractivity contribution >= 4 is 23.3 Å². The highest BCUT2D eigenvalue weighted by Crippen LogP contribution is 2.23. The lowest BCUT2D eigenvalue weighted by Gasteiger charge is -2.35. The third kappa shape index (κ3) is 4.77. The van der Waals surface area contributed by atoms with E-state index in [1.807, 2.05) is 48.2 Å². The lowest BCUT2D eigenvalue weighted by molar-refractivity contribution is 0.102. The van der Waals surface area contributed by atoms with Gasteiger partial charge in [-0.2, -0.15) is 0 Å². The Morgan fingerprint density at radius 1 is 0.903 bits per heavy atom. The lowest BCUT2D eigenvalue weighted by Crippen LogP contribution is -2.49. The molecule has 4 rings (SSSR count). The molecular formula is C26H27N3O2. The summed E-state index contributed by atoms with van der Waals surface area (Å²) in [5, 5.41) is 2.94. The summed E-state index contributed by atoms with van der Waals surface area (Å²) in [5.74, 6) is -0.160. The Balaban J connectivity index is 1.44. The minimum atomic E-state index is -0.160. The van der Waals surface area contributed by atoms with Crippen molar-refractivity contribution in [3.63, 3.8) is 0 Å². The molecule has 0 aliphatic carbocycles. The predicted octanol–water partition coefficient (Wildman–Crippen LogP) is 5.39. The van der Waals surface area contributed by atoms with Crippen molar-refractivity contribution in [3.05, 3.63) is 95.1 Å². The Morgan fingerprint density at radius 3 is 2.32 bits per heavy atom. The van der Waals surface area contributed by atoms with E-state index < -0.39 is 0 Å². The summed E-state index contributed by atoms with van der Waals surface area (Å²) in [6, 6.07) is 23.2. The highest BCUT2D eigenvalue weighted by Gasteiger charge is 2.26. The Hall–Kier alpha value is -3.60. The number of anilines is 2. The van der Waals surface area contributed by atoms with Gasteiger partial charge in [-0.25, -0.2) is 4.79 Å². The first-order valence-corrected chi connectivity index (χ1v) is 10.6. The summed E-state index contributed by atoms with van der Waals surface area (Å²) in [5.41, 5.74) is 5.53. The minimum Gasteiger partial charge on any atom is -0.322 e. The van der Waals surface area contributed by atoms with Crippen LogP contribution in [-0.2, 0) is 6.54 Å². The van der Waals surface area contributed by atoms with Gasteiger partial charge in [-0.15, -0.1) is 0 Å². The van der Waals surface area contributed by atoms with Gasteiger partial charge in [0.25, 0.3) is 5.91 Å². The first-order chi connectivity index (χ1) is 15.0. The van der Waals surface area contributed by atoms with Crippen LogP contribution in [0.2, 0.25) is 0 Å². The van der Waals surface area contributed by atoms with Crippen molar-refractivity contribution in [2.45, 2.75) is 26.8 Å². The summed E-state index contributed by atoms with van der Waals surface area (Å²) < 4.78 is 0. The average molecular weight is 414 g/mol. The van der Waals surface area contributed by atoms with Crippen LogP contribution in [0, 0.1) is 13.8 Å². The number of urea groups is 1. The van der Waals surface area contributed by atoms with E-state index in [9.17, 15) is 9.59 Å². The number of hydrogen-bond acceptors (Lipinski definition) is 2. The number of nitrogens with one attached hydrogen (secondary N) is 1. The van der Waals surface area contributed by atoms with E-state index in [1.165, 1.54) is 5.56 Å². The highest BCUT2D eigenvalue weighted by molar-refractivity contribution is 6.05. The largest absolute Gasteiger partial charge is 0.324 e. The van der Waals surface area contributed by atoms with Gasteiger partial charge in [0.05, 0.1) is 0 Å². The number of carbonyl (C=O) groups is 2. The van der Waals surface area contributed by atoms with Crippen LogP contribution in [0.25, 0.3) is 0 Å². The van der Waals surface area contributed by atoms with Gasteiger partial charge in [-0.1, -0.05) is 48.0 Å². The Kier molecular flexibility index (Phi) is 6.03. The maximum atomic E-state index is 13.1. The molecule has 3 amide bonds. The average Bonchev–Trinajstić information content (AvgIpc) is 2.78. The summed E-state index contributed by atoms with van der Waals surface area (Å²) >= 11 is 0. The maximum absolute atomic E-state index is 13.1. The molecule has 1 aliphatic heterocycles. The Morgan fingerprint density at radius 2 is 1.61 bits per heavy atom. The molecular weight excluding hydrogens is 386 g/mol. The Labute approximate surface area is 183 Å². The molecule has 0 spiro atoms. The maximum Gasteiger partial charge on any atom is 0.324 e. The summed E-state index contributed by atoms with van der Waals surface area (Å²) in [7, 11) is 0. The van der Waals surface area contributed by atoms with E-state index in [4.69, 9.17) is 0 Å². The van der Waals surface area contributed by atoms with Crippen LogP contribution in [0.4, 0.5) is 16.2 Å². The van der Waals surface area contributed by atoms with Crippen LogP contribution in [0.1, 0.15) is 33.5 Å². The molecule has 1 heterocycles. The number of carbonyl (C=O) groups excluding carboxylic acids is 2. The zero-order valence-corrected chi connectivity index (χ0v) is 18.0. The number of aryl methyl sites for hydroxylation is 2. The van der Waals surface area contributed by atoms with E-state index in [2.05, 4.69) is 36.5 Å². The fraction of sp³-hybridized carbons (Fsp3) is 0.231. The summed E-state index contributed by atoms with van der Waals surface area (Å²) in [6.07, 6.45) is 0.910. The van der Waals surface area contributed by atoms with Crippen molar-refractivity contribution < 1.29 is 9.59 Å². The molecule has 0 saturated carbocycles. The molecule has 1 fully saturated rings. The molecule has 5 nitrogen and oxygen atoms in total. The molecule has 0 unspecified atom stereocenters. The van der Waals surface area contributed by atoms with Crippen molar-refractivity contribution in [3.8, 4) is 0 Å². The predicted molar refractivity (Wildman–Crippen MR) is 125 cm³/mol. The third-order valence-electron chi connectivity index (χ3n) is 5.64. The van der Waals surface area contributed by atoms with Gasteiger partial charge in [-0.3, -0.25) is 9.69 Å². The second-order valence-electron chi connectivity index (χ2n) is 8.01. The quantitative estimate of drug-likeness (QED) is 0.610. The smallest absolute Gasteiger partial charge is 0.322 e. The zero-order chi connectivity index (χ0) is 21.8. The molecule has 0 bridgehead atoms. The van der Waals surface area contributed by atoms with Gasteiger partial charge in [0, 0.05) is 36.6 Å².